The normalized spacial score (nSPS) is 15.3. The van der Waals surface area contributed by atoms with Crippen molar-refractivity contribution >= 4 is 12.0 Å². The van der Waals surface area contributed by atoms with E-state index in [2.05, 4.69) is 11.9 Å². The summed E-state index contributed by atoms with van der Waals surface area (Å²) in [5.74, 6) is -0.601. The Morgan fingerprint density at radius 1 is 1.50 bits per heavy atom. The van der Waals surface area contributed by atoms with Gasteiger partial charge in [-0.3, -0.25) is 4.79 Å². The zero-order chi connectivity index (χ0) is 11.5. The van der Waals surface area contributed by atoms with Gasteiger partial charge in [0.1, 0.15) is 5.82 Å². The van der Waals surface area contributed by atoms with Crippen LogP contribution < -0.4 is 5.32 Å². The standard InChI is InChI=1S/C13H14FNO/c1-2-9-6-7-10(8-12(9)14)13(16)15-11-4-3-5-11/h2,6-8,11H,1,3-5H2,(H,15,16). The maximum Gasteiger partial charge on any atom is 0.251 e. The number of hydrogen-bond donors (Lipinski definition) is 1. The zero-order valence-corrected chi connectivity index (χ0v) is 9.00. The molecule has 1 N–H and O–H groups in total. The second-order valence-electron chi connectivity index (χ2n) is 4.04. The third-order valence-corrected chi connectivity index (χ3v) is 2.92. The highest BCUT2D eigenvalue weighted by Gasteiger charge is 2.20. The minimum atomic E-state index is -0.406. The SMILES string of the molecule is C=Cc1ccc(C(=O)NC2CCC2)cc1F. The Kier molecular flexibility index (Phi) is 3.04. The molecule has 0 radical (unpaired) electrons. The van der Waals surface area contributed by atoms with Crippen LogP contribution in [-0.2, 0) is 0 Å². The average Bonchev–Trinajstić information content (AvgIpc) is 2.23. The van der Waals surface area contributed by atoms with Gasteiger partial charge < -0.3 is 5.32 Å². The fraction of sp³-hybridized carbons (Fsp3) is 0.308. The maximum atomic E-state index is 13.4. The highest BCUT2D eigenvalue weighted by molar-refractivity contribution is 5.94. The van der Waals surface area contributed by atoms with Gasteiger partial charge in [0.2, 0.25) is 0 Å². The van der Waals surface area contributed by atoms with Gasteiger partial charge in [0.15, 0.2) is 0 Å². The summed E-state index contributed by atoms with van der Waals surface area (Å²) in [5, 5.41) is 2.87. The van der Waals surface area contributed by atoms with E-state index in [0.717, 1.165) is 19.3 Å². The lowest BCUT2D eigenvalue weighted by Gasteiger charge is -2.26. The van der Waals surface area contributed by atoms with Crippen LogP contribution in [0.25, 0.3) is 6.08 Å². The number of halogens is 1. The van der Waals surface area contributed by atoms with Crippen molar-refractivity contribution < 1.29 is 9.18 Å². The van der Waals surface area contributed by atoms with Crippen molar-refractivity contribution in [2.24, 2.45) is 0 Å². The first kappa shape index (κ1) is 10.9. The summed E-state index contributed by atoms with van der Waals surface area (Å²) in [6.07, 6.45) is 4.65. The number of nitrogens with one attached hydrogen (secondary N) is 1. The molecule has 2 nitrogen and oxygen atoms in total. The molecule has 0 spiro atoms. The van der Waals surface area contributed by atoms with Crippen LogP contribution in [0.2, 0.25) is 0 Å². The Hall–Kier alpha value is -1.64. The van der Waals surface area contributed by atoms with Gasteiger partial charge in [0.25, 0.3) is 5.91 Å². The molecule has 1 saturated carbocycles. The van der Waals surface area contributed by atoms with E-state index < -0.39 is 5.82 Å². The first-order valence-corrected chi connectivity index (χ1v) is 5.43. The molecule has 1 aromatic rings. The maximum absolute atomic E-state index is 13.4. The van der Waals surface area contributed by atoms with Crippen molar-refractivity contribution in [1.29, 1.82) is 0 Å². The Balaban J connectivity index is 2.10. The Labute approximate surface area is 94.2 Å². The summed E-state index contributed by atoms with van der Waals surface area (Å²) in [4.78, 5) is 11.7. The van der Waals surface area contributed by atoms with Crippen molar-refractivity contribution in [1.82, 2.24) is 5.32 Å². The summed E-state index contributed by atoms with van der Waals surface area (Å²) < 4.78 is 13.4. The van der Waals surface area contributed by atoms with E-state index >= 15 is 0 Å². The molecule has 0 saturated heterocycles. The molecule has 0 atom stereocenters. The van der Waals surface area contributed by atoms with Gasteiger partial charge in [0.05, 0.1) is 0 Å². The van der Waals surface area contributed by atoms with Gasteiger partial charge >= 0.3 is 0 Å². The third-order valence-electron chi connectivity index (χ3n) is 2.92. The smallest absolute Gasteiger partial charge is 0.251 e. The van der Waals surface area contributed by atoms with Crippen LogP contribution >= 0.6 is 0 Å². The molecule has 1 aliphatic carbocycles. The van der Waals surface area contributed by atoms with Crippen molar-refractivity contribution in [3.05, 3.63) is 41.7 Å². The molecule has 0 aromatic heterocycles. The number of rotatable bonds is 3. The van der Waals surface area contributed by atoms with Crippen molar-refractivity contribution in [3.63, 3.8) is 0 Å². The molecule has 1 fully saturated rings. The fourth-order valence-electron chi connectivity index (χ4n) is 1.66. The van der Waals surface area contributed by atoms with Crippen LogP contribution in [0.4, 0.5) is 4.39 Å². The molecular weight excluding hydrogens is 205 g/mol. The molecule has 1 aliphatic rings. The quantitative estimate of drug-likeness (QED) is 0.832. The lowest BCUT2D eigenvalue weighted by atomic mass is 9.93. The summed E-state index contributed by atoms with van der Waals surface area (Å²) >= 11 is 0. The molecular formula is C13H14FNO. The number of amides is 1. The molecule has 3 heteroatoms. The molecule has 0 aliphatic heterocycles. The summed E-state index contributed by atoms with van der Waals surface area (Å²) in [6, 6.07) is 4.71. The van der Waals surface area contributed by atoms with Crippen molar-refractivity contribution in [2.45, 2.75) is 25.3 Å². The monoisotopic (exact) mass is 219 g/mol. The zero-order valence-electron chi connectivity index (χ0n) is 9.00. The molecule has 0 bridgehead atoms. The molecule has 2 rings (SSSR count). The molecule has 1 aromatic carbocycles. The molecule has 16 heavy (non-hydrogen) atoms. The summed E-state index contributed by atoms with van der Waals surface area (Å²) in [5.41, 5.74) is 0.787. The number of benzene rings is 1. The largest absolute Gasteiger partial charge is 0.349 e. The molecule has 0 unspecified atom stereocenters. The third kappa shape index (κ3) is 2.13. The number of carbonyl (C=O) groups is 1. The van der Waals surface area contributed by atoms with Gasteiger partial charge in [-0.05, 0) is 31.4 Å². The van der Waals surface area contributed by atoms with Gasteiger partial charge in [-0.15, -0.1) is 0 Å². The predicted octanol–water partition coefficient (Wildman–Crippen LogP) is 2.75. The molecule has 1 amide bonds. The van der Waals surface area contributed by atoms with E-state index in [9.17, 15) is 9.18 Å². The number of carbonyl (C=O) groups excluding carboxylic acids is 1. The van der Waals surface area contributed by atoms with Crippen molar-refractivity contribution in [3.8, 4) is 0 Å². The summed E-state index contributed by atoms with van der Waals surface area (Å²) in [7, 11) is 0. The topological polar surface area (TPSA) is 29.1 Å². The van der Waals surface area contributed by atoms with Gasteiger partial charge in [0, 0.05) is 17.2 Å². The van der Waals surface area contributed by atoms with E-state index in [0.29, 0.717) is 11.1 Å². The minimum absolute atomic E-state index is 0.195. The molecule has 0 heterocycles. The Morgan fingerprint density at radius 2 is 2.25 bits per heavy atom. The van der Waals surface area contributed by atoms with Crippen LogP contribution in [0.1, 0.15) is 35.2 Å². The first-order valence-electron chi connectivity index (χ1n) is 5.43. The highest BCUT2D eigenvalue weighted by atomic mass is 19.1. The predicted molar refractivity (Wildman–Crippen MR) is 61.6 cm³/mol. The second kappa shape index (κ2) is 4.47. The van der Waals surface area contributed by atoms with Crippen LogP contribution in [0.3, 0.4) is 0 Å². The lowest BCUT2D eigenvalue weighted by Crippen LogP contribution is -2.39. The Morgan fingerprint density at radius 3 is 2.75 bits per heavy atom. The number of hydrogen-bond acceptors (Lipinski definition) is 1. The van der Waals surface area contributed by atoms with Crippen molar-refractivity contribution in [2.75, 3.05) is 0 Å². The van der Waals surface area contributed by atoms with E-state index in [1.165, 1.54) is 12.1 Å². The van der Waals surface area contributed by atoms with Crippen LogP contribution in [0.15, 0.2) is 24.8 Å². The molecule has 84 valence electrons. The van der Waals surface area contributed by atoms with E-state index in [1.54, 1.807) is 12.1 Å². The average molecular weight is 219 g/mol. The minimum Gasteiger partial charge on any atom is -0.349 e. The van der Waals surface area contributed by atoms with Crippen LogP contribution in [-0.4, -0.2) is 11.9 Å². The van der Waals surface area contributed by atoms with Gasteiger partial charge in [-0.25, -0.2) is 4.39 Å². The van der Waals surface area contributed by atoms with Crippen LogP contribution in [0, 0.1) is 5.82 Å². The fourth-order valence-corrected chi connectivity index (χ4v) is 1.66. The Bertz CT molecular complexity index is 424. The first-order chi connectivity index (χ1) is 7.70. The van der Waals surface area contributed by atoms with Gasteiger partial charge in [-0.1, -0.05) is 18.7 Å². The van der Waals surface area contributed by atoms with E-state index in [4.69, 9.17) is 0 Å². The summed E-state index contributed by atoms with van der Waals surface area (Å²) in [6.45, 7) is 3.50. The second-order valence-corrected chi connectivity index (χ2v) is 4.04. The van der Waals surface area contributed by atoms with Crippen LogP contribution in [0.5, 0.6) is 0 Å². The lowest BCUT2D eigenvalue weighted by molar-refractivity contribution is 0.0916. The highest BCUT2D eigenvalue weighted by Crippen LogP contribution is 2.19. The van der Waals surface area contributed by atoms with Gasteiger partial charge in [-0.2, -0.15) is 0 Å². The van der Waals surface area contributed by atoms with E-state index in [1.807, 2.05) is 0 Å². The van der Waals surface area contributed by atoms with E-state index in [-0.39, 0.29) is 11.9 Å².